The van der Waals surface area contributed by atoms with Gasteiger partial charge >= 0.3 is 24.0 Å². The predicted octanol–water partition coefficient (Wildman–Crippen LogP) is 6.87. The molecule has 0 aromatic heterocycles. The van der Waals surface area contributed by atoms with E-state index >= 15 is 0 Å². The van der Waals surface area contributed by atoms with Crippen LogP contribution >= 0.6 is 11.8 Å². The number of nitrogens with two attached hydrogens (primary N) is 2. The van der Waals surface area contributed by atoms with E-state index in [1.807, 2.05) is 41.5 Å². The number of amides is 14. The van der Waals surface area contributed by atoms with Crippen molar-refractivity contribution in [3.05, 3.63) is 59.7 Å². The van der Waals surface area contributed by atoms with Gasteiger partial charge in [0.15, 0.2) is 0 Å². The number of carbonyl (C=O) groups is 14. The number of anilines is 2. The molecule has 0 aliphatic carbocycles. The van der Waals surface area contributed by atoms with Crippen LogP contribution < -0.4 is 59.3 Å². The fourth-order valence-electron chi connectivity index (χ4n) is 10.6. The normalized spacial score (nSPS) is 15.9. The molecule has 4 rings (SSSR count). The lowest BCUT2D eigenvalue weighted by atomic mass is 9.97. The van der Waals surface area contributed by atoms with Gasteiger partial charge in [-0.1, -0.05) is 85.6 Å². The summed E-state index contributed by atoms with van der Waals surface area (Å²) in [4.78, 5) is 179. The molecule has 2 aliphatic rings. The third-order valence-corrected chi connectivity index (χ3v) is 17.6. The summed E-state index contributed by atoms with van der Waals surface area (Å²) in [5.41, 5.74) is 11.1. The van der Waals surface area contributed by atoms with Gasteiger partial charge in [0.1, 0.15) is 37.4 Å². The van der Waals surface area contributed by atoms with E-state index in [0.717, 1.165) is 11.1 Å². The zero-order chi connectivity index (χ0) is 78.5. The Labute approximate surface area is 617 Å². The number of rotatable bonds is 38. The molecule has 2 aromatic rings. The van der Waals surface area contributed by atoms with Crippen molar-refractivity contribution in [2.24, 2.45) is 34.1 Å². The van der Waals surface area contributed by atoms with Crippen molar-refractivity contribution in [3.8, 4) is 0 Å². The Morgan fingerprint density at radius 3 is 1.21 bits per heavy atom. The van der Waals surface area contributed by atoms with E-state index in [1.54, 1.807) is 118 Å². The Kier molecular flexibility index (Phi) is 36.4. The number of nitrogens with one attached hydrogen (secondary N) is 9. The largest absolute Gasteiger partial charge is 0.460 e. The lowest BCUT2D eigenvalue weighted by molar-refractivity contribution is -0.155. The number of esters is 2. The molecule has 2 heterocycles. The lowest BCUT2D eigenvalue weighted by Crippen LogP contribution is -2.54. The molecule has 2 unspecified atom stereocenters. The summed E-state index contributed by atoms with van der Waals surface area (Å²) in [5.74, 6) is -4.75. The van der Waals surface area contributed by atoms with Crippen LogP contribution in [0.5, 0.6) is 0 Å². The Morgan fingerprint density at radius 1 is 0.490 bits per heavy atom. The zero-order valence-corrected chi connectivity index (χ0v) is 64.7. The standard InChI is InChI=1S/C37H59N7O8.C37H58N6O8S/c1-23(2)30(42-28(45)14-10-9-11-20-44-29(46)21-27(33(44)49)43-37(6,7)8)32(48)41-26(13-12-19-39-35(38)51)31(47)40-25-17-15-24(16-18-25)22-52-34(50)36(3,4)5;1-23(2)30(42-28(44)14-10-9-11-20-43-29(45)21-27(33(43)48)52-37(6,7)8)32(47)41-26(13-12-19-39-35(38)50)31(46)40-25-17-15-24(16-18-25)22-51-34(49)36(3,4)5/h15-18,23,26-27,30,43H,9-14,19-22H2,1-8H3,(H,40,47)(H,41,48)(H,42,45)(H3,38,39,51);15-18,23,26-27,30H,9-14,19-22H2,1-8H3,(H,40,46)(H,41,47)(H,42,44)(H3,38,39,50)/t2*26-,27?,30-/m00/s1. The number of urea groups is 2. The fourth-order valence-corrected chi connectivity index (χ4v) is 11.9. The van der Waals surface area contributed by atoms with Crippen molar-refractivity contribution >= 4 is 106 Å². The summed E-state index contributed by atoms with van der Waals surface area (Å²) in [7, 11) is 0. The summed E-state index contributed by atoms with van der Waals surface area (Å²) < 4.78 is 10.6. The highest BCUT2D eigenvalue weighted by Gasteiger charge is 2.42. The van der Waals surface area contributed by atoms with Gasteiger partial charge in [0.2, 0.25) is 59.1 Å². The van der Waals surface area contributed by atoms with Crippen LogP contribution in [0, 0.1) is 22.7 Å². The molecule has 30 heteroatoms. The molecule has 14 amide bonds. The highest BCUT2D eigenvalue weighted by atomic mass is 32.2. The van der Waals surface area contributed by atoms with Crippen LogP contribution in [0.2, 0.25) is 0 Å². The van der Waals surface area contributed by atoms with Crippen LogP contribution in [0.4, 0.5) is 21.0 Å². The van der Waals surface area contributed by atoms with Gasteiger partial charge in [0, 0.05) is 67.1 Å². The van der Waals surface area contributed by atoms with Crippen LogP contribution in [0.3, 0.4) is 0 Å². The Balaban J connectivity index is 0.000000540. The molecule has 29 nitrogen and oxygen atoms in total. The van der Waals surface area contributed by atoms with Gasteiger partial charge in [-0.05, 0) is 161 Å². The van der Waals surface area contributed by atoms with Crippen molar-refractivity contribution in [2.45, 2.75) is 260 Å². The number of ether oxygens (including phenoxy) is 2. The average molecular weight is 1480 g/mol. The van der Waals surface area contributed by atoms with Gasteiger partial charge in [-0.15, -0.1) is 11.8 Å². The summed E-state index contributed by atoms with van der Waals surface area (Å²) in [6, 6.07) is 7.72. The molecule has 2 aliphatic heterocycles. The number of imide groups is 2. The first-order valence-corrected chi connectivity index (χ1v) is 36.8. The summed E-state index contributed by atoms with van der Waals surface area (Å²) in [6.45, 7) is 30.7. The lowest BCUT2D eigenvalue weighted by Gasteiger charge is -2.25. The number of carbonyl (C=O) groups excluding carboxylic acids is 14. The van der Waals surface area contributed by atoms with Gasteiger partial charge in [-0.25, -0.2) is 9.59 Å². The number of unbranched alkanes of at least 4 members (excludes halogenated alkanes) is 4. The molecule has 0 saturated carbocycles. The predicted molar refractivity (Wildman–Crippen MR) is 397 cm³/mol. The smallest absolute Gasteiger partial charge is 0.312 e. The van der Waals surface area contributed by atoms with E-state index in [1.165, 1.54) is 21.6 Å². The number of hydrogen-bond donors (Lipinski definition) is 11. The van der Waals surface area contributed by atoms with Crippen molar-refractivity contribution in [1.29, 1.82) is 0 Å². The van der Waals surface area contributed by atoms with Crippen LogP contribution in [0.25, 0.3) is 0 Å². The second-order valence-electron chi connectivity index (χ2n) is 31.1. The molecule has 2 fully saturated rings. The molecule has 2 saturated heterocycles. The van der Waals surface area contributed by atoms with Crippen LogP contribution in [-0.4, -0.2) is 165 Å². The van der Waals surface area contributed by atoms with E-state index in [-0.39, 0.29) is 146 Å². The average Bonchev–Trinajstić information content (AvgIpc) is 1.71. The minimum Gasteiger partial charge on any atom is -0.460 e. The van der Waals surface area contributed by atoms with Crippen molar-refractivity contribution in [1.82, 2.24) is 47.0 Å². The Hall–Kier alpha value is -8.67. The maximum Gasteiger partial charge on any atom is 0.312 e. The molecule has 104 heavy (non-hydrogen) atoms. The molecule has 0 radical (unpaired) electrons. The third kappa shape index (κ3) is 33.8. The molecule has 0 spiro atoms. The number of thioether (sulfide) groups is 1. The highest BCUT2D eigenvalue weighted by Crippen LogP contribution is 2.35. The topological polar surface area (TPSA) is 424 Å². The van der Waals surface area contributed by atoms with Crippen LogP contribution in [0.1, 0.15) is 212 Å². The summed E-state index contributed by atoms with van der Waals surface area (Å²) in [5, 5.41) is 24.4. The SMILES string of the molecule is CC(C)[C@H](NC(=O)CCCCCN1C(=O)CC(NC(C)(C)C)C1=O)C(=O)N[C@@H](CCCNC(N)=O)C(=O)Nc1ccc(COC(=O)C(C)(C)C)cc1.CC(C)[C@H](NC(=O)CCCCCN1C(=O)CC(SC(C)(C)C)C1=O)C(=O)N[C@@H](CCCNC(N)=O)C(=O)Nc1ccc(COC(=O)C(C)(C)C)cc1. The summed E-state index contributed by atoms with van der Waals surface area (Å²) in [6.07, 6.45) is 4.99. The number of benzene rings is 2. The number of primary amides is 2. The fraction of sp³-hybridized carbons (Fsp3) is 0.649. The molecular weight excluding hydrogens is 1360 g/mol. The van der Waals surface area contributed by atoms with E-state index in [2.05, 4.69) is 47.9 Å². The maximum absolute atomic E-state index is 13.5. The first kappa shape index (κ1) is 89.5. The van der Waals surface area contributed by atoms with Crippen LogP contribution in [0.15, 0.2) is 48.5 Å². The number of likely N-dealkylation sites (tertiary alicyclic amines) is 2. The first-order valence-electron chi connectivity index (χ1n) is 35.9. The highest BCUT2D eigenvalue weighted by molar-refractivity contribution is 8.01. The van der Waals surface area contributed by atoms with E-state index in [0.29, 0.717) is 69.3 Å². The first-order chi connectivity index (χ1) is 48.3. The monoisotopic (exact) mass is 1480 g/mol. The molecule has 0 bridgehead atoms. The number of hydrogen-bond acceptors (Lipinski definition) is 18. The number of nitrogens with zero attached hydrogens (tertiary/aromatic N) is 2. The van der Waals surface area contributed by atoms with Gasteiger partial charge in [-0.2, -0.15) is 0 Å². The van der Waals surface area contributed by atoms with Crippen molar-refractivity contribution < 1.29 is 76.6 Å². The molecular formula is C74H117N13O16S. The molecule has 2 aromatic carbocycles. The minimum absolute atomic E-state index is 0.0783. The van der Waals surface area contributed by atoms with Gasteiger partial charge in [-0.3, -0.25) is 67.3 Å². The van der Waals surface area contributed by atoms with Crippen molar-refractivity contribution in [3.63, 3.8) is 0 Å². The van der Waals surface area contributed by atoms with Gasteiger partial charge in [0.05, 0.1) is 28.5 Å². The van der Waals surface area contributed by atoms with Gasteiger partial charge in [0.25, 0.3) is 0 Å². The Bertz CT molecular complexity index is 3050. The molecule has 6 atom stereocenters. The summed E-state index contributed by atoms with van der Waals surface area (Å²) >= 11 is 1.50. The zero-order valence-electron chi connectivity index (χ0n) is 63.9. The third-order valence-electron chi connectivity index (χ3n) is 16.3. The second-order valence-corrected chi connectivity index (χ2v) is 33.1. The Morgan fingerprint density at radius 2 is 0.865 bits per heavy atom. The van der Waals surface area contributed by atoms with E-state index in [4.69, 9.17) is 20.9 Å². The second kappa shape index (κ2) is 42.3. The minimum atomic E-state index is -0.998. The molecule has 580 valence electrons. The van der Waals surface area contributed by atoms with E-state index in [9.17, 15) is 67.1 Å². The quantitative estimate of drug-likeness (QED) is 0.0185. The van der Waals surface area contributed by atoms with Crippen LogP contribution in [-0.2, 0) is 80.2 Å². The van der Waals surface area contributed by atoms with E-state index < -0.39 is 76.7 Å². The maximum atomic E-state index is 13.5. The van der Waals surface area contributed by atoms with Crippen molar-refractivity contribution in [2.75, 3.05) is 36.8 Å². The van der Waals surface area contributed by atoms with Gasteiger partial charge < -0.3 is 68.8 Å². The molecule has 13 N–H and O–H groups in total.